The molecule has 0 aliphatic carbocycles. The lowest BCUT2D eigenvalue weighted by Gasteiger charge is -2.10. The second kappa shape index (κ2) is 7.60. The lowest BCUT2D eigenvalue weighted by Crippen LogP contribution is -1.99. The summed E-state index contributed by atoms with van der Waals surface area (Å²) < 4.78 is 5.86. The molecule has 3 aromatic rings. The van der Waals surface area contributed by atoms with E-state index in [9.17, 15) is 4.79 Å². The van der Waals surface area contributed by atoms with Gasteiger partial charge in [-0.1, -0.05) is 53.5 Å². The summed E-state index contributed by atoms with van der Waals surface area (Å²) in [6.07, 6.45) is -0.0440. The third-order valence-electron chi connectivity index (χ3n) is 3.57. The largest absolute Gasteiger partial charge is 0.481 e. The molecule has 0 saturated carbocycles. The third-order valence-corrected chi connectivity index (χ3v) is 4.11. The van der Waals surface area contributed by atoms with Gasteiger partial charge in [-0.25, -0.2) is 0 Å². The predicted octanol–water partition coefficient (Wildman–Crippen LogP) is 6.08. The van der Waals surface area contributed by atoms with E-state index in [2.05, 4.69) is 0 Å². The minimum Gasteiger partial charge on any atom is -0.481 e. The molecule has 0 amide bonds. The van der Waals surface area contributed by atoms with Gasteiger partial charge in [-0.3, -0.25) is 4.79 Å². The van der Waals surface area contributed by atoms with Crippen LogP contribution in [-0.2, 0) is 11.2 Å². The van der Waals surface area contributed by atoms with Gasteiger partial charge in [0.25, 0.3) is 0 Å². The molecule has 0 bridgehead atoms. The van der Waals surface area contributed by atoms with E-state index in [0.29, 0.717) is 27.1 Å². The Morgan fingerprint density at radius 2 is 1.64 bits per heavy atom. The summed E-state index contributed by atoms with van der Waals surface area (Å²) in [7, 11) is 0. The van der Waals surface area contributed by atoms with Crippen LogP contribution < -0.4 is 4.74 Å². The molecule has 0 aliphatic heterocycles. The number of ether oxygens (including phenoxy) is 1. The van der Waals surface area contributed by atoms with Gasteiger partial charge in [-0.05, 0) is 47.5 Å². The Hall–Kier alpha value is -2.49. The molecule has 0 aliphatic rings. The fourth-order valence-corrected chi connectivity index (χ4v) is 3.00. The number of benzene rings is 3. The first-order valence-corrected chi connectivity index (χ1v) is 8.31. The van der Waals surface area contributed by atoms with Crippen molar-refractivity contribution in [2.45, 2.75) is 6.42 Å². The summed E-state index contributed by atoms with van der Waals surface area (Å²) in [5.41, 5.74) is 2.44. The summed E-state index contributed by atoms with van der Waals surface area (Å²) in [6.45, 7) is 0. The number of carbonyl (C=O) groups is 1. The molecule has 0 spiro atoms. The molecule has 0 radical (unpaired) electrons. The number of hydrogen-bond donors (Lipinski definition) is 1. The van der Waals surface area contributed by atoms with Crippen LogP contribution in [0.15, 0.2) is 66.7 Å². The Balaban J connectivity index is 1.86. The van der Waals surface area contributed by atoms with Gasteiger partial charge in [0.05, 0.1) is 6.42 Å². The van der Waals surface area contributed by atoms with Crippen LogP contribution in [0.4, 0.5) is 0 Å². The van der Waals surface area contributed by atoms with E-state index in [1.54, 1.807) is 36.4 Å². The second-order valence-corrected chi connectivity index (χ2v) is 6.32. The van der Waals surface area contributed by atoms with E-state index in [-0.39, 0.29) is 6.42 Å². The van der Waals surface area contributed by atoms with Crippen molar-refractivity contribution in [3.8, 4) is 22.6 Å². The Bertz CT molecular complexity index is 922. The molecule has 3 nitrogen and oxygen atoms in total. The quantitative estimate of drug-likeness (QED) is 0.590. The number of hydrogen-bond acceptors (Lipinski definition) is 2. The average molecular weight is 373 g/mol. The smallest absolute Gasteiger partial charge is 0.307 e. The first-order valence-electron chi connectivity index (χ1n) is 7.55. The van der Waals surface area contributed by atoms with E-state index in [1.807, 2.05) is 30.3 Å². The summed E-state index contributed by atoms with van der Waals surface area (Å²) in [5.74, 6) is 0.339. The zero-order valence-corrected chi connectivity index (χ0v) is 14.6. The predicted molar refractivity (Wildman–Crippen MR) is 99.8 cm³/mol. The van der Waals surface area contributed by atoms with Gasteiger partial charge >= 0.3 is 5.97 Å². The van der Waals surface area contributed by atoms with Crippen LogP contribution in [0.3, 0.4) is 0 Å². The van der Waals surface area contributed by atoms with Crippen LogP contribution in [0.25, 0.3) is 11.1 Å². The van der Waals surface area contributed by atoms with Crippen LogP contribution in [0.1, 0.15) is 5.56 Å². The van der Waals surface area contributed by atoms with Gasteiger partial charge in [0, 0.05) is 15.6 Å². The summed E-state index contributed by atoms with van der Waals surface area (Å²) in [5, 5.41) is 10.0. The minimum atomic E-state index is -0.878. The molecule has 3 aromatic carbocycles. The Kier molecular flexibility index (Phi) is 5.27. The molecule has 25 heavy (non-hydrogen) atoms. The van der Waals surface area contributed by atoms with Crippen LogP contribution in [0.5, 0.6) is 11.5 Å². The molecule has 0 aromatic heterocycles. The van der Waals surface area contributed by atoms with Crippen molar-refractivity contribution in [2.75, 3.05) is 0 Å². The molecule has 5 heteroatoms. The number of carboxylic acid groups (broad SMARTS) is 1. The first-order chi connectivity index (χ1) is 12.0. The van der Waals surface area contributed by atoms with Crippen molar-refractivity contribution in [3.63, 3.8) is 0 Å². The lowest BCUT2D eigenvalue weighted by molar-refractivity contribution is -0.136. The highest BCUT2D eigenvalue weighted by atomic mass is 35.5. The maximum atomic E-state index is 10.8. The van der Waals surface area contributed by atoms with Crippen LogP contribution >= 0.6 is 23.2 Å². The van der Waals surface area contributed by atoms with Crippen molar-refractivity contribution in [1.29, 1.82) is 0 Å². The molecular formula is C20H14Cl2O3. The fourth-order valence-electron chi connectivity index (χ4n) is 2.48. The van der Waals surface area contributed by atoms with Gasteiger partial charge in [0.1, 0.15) is 11.5 Å². The molecule has 0 fully saturated rings. The molecule has 0 atom stereocenters. The third kappa shape index (κ3) is 4.53. The number of halogens is 2. The highest BCUT2D eigenvalue weighted by molar-refractivity contribution is 6.36. The molecule has 0 saturated heterocycles. The molecule has 126 valence electrons. The highest BCUT2D eigenvalue weighted by Crippen LogP contribution is 2.33. The average Bonchev–Trinajstić information content (AvgIpc) is 2.55. The van der Waals surface area contributed by atoms with Crippen molar-refractivity contribution in [1.82, 2.24) is 0 Å². The van der Waals surface area contributed by atoms with Crippen molar-refractivity contribution >= 4 is 29.2 Å². The summed E-state index contributed by atoms with van der Waals surface area (Å²) in [4.78, 5) is 10.8. The molecule has 3 rings (SSSR count). The SMILES string of the molecule is O=C(O)Cc1cccc(Oc2cccc(-c3ccc(Cl)cc3Cl)c2)c1. The minimum absolute atomic E-state index is 0.0440. The van der Waals surface area contributed by atoms with E-state index >= 15 is 0 Å². The summed E-state index contributed by atoms with van der Waals surface area (Å²) >= 11 is 12.2. The van der Waals surface area contributed by atoms with E-state index in [0.717, 1.165) is 11.1 Å². The number of aliphatic carboxylic acids is 1. The molecule has 0 heterocycles. The van der Waals surface area contributed by atoms with Crippen LogP contribution in [0, 0.1) is 0 Å². The Morgan fingerprint density at radius 1 is 0.920 bits per heavy atom. The number of carboxylic acids is 1. The van der Waals surface area contributed by atoms with Gasteiger partial charge in [-0.15, -0.1) is 0 Å². The summed E-state index contributed by atoms with van der Waals surface area (Å²) in [6, 6.07) is 19.9. The molecule has 1 N–H and O–H groups in total. The normalized spacial score (nSPS) is 10.5. The zero-order valence-electron chi connectivity index (χ0n) is 13.1. The Labute approximate surface area is 155 Å². The lowest BCUT2D eigenvalue weighted by atomic mass is 10.1. The van der Waals surface area contributed by atoms with Gasteiger partial charge in [-0.2, -0.15) is 0 Å². The van der Waals surface area contributed by atoms with Gasteiger partial charge < -0.3 is 9.84 Å². The number of rotatable bonds is 5. The Morgan fingerprint density at radius 3 is 2.36 bits per heavy atom. The maximum absolute atomic E-state index is 10.8. The second-order valence-electron chi connectivity index (χ2n) is 5.47. The topological polar surface area (TPSA) is 46.5 Å². The van der Waals surface area contributed by atoms with Crippen molar-refractivity contribution in [3.05, 3.63) is 82.3 Å². The van der Waals surface area contributed by atoms with Gasteiger partial charge in [0.2, 0.25) is 0 Å². The molecular weight excluding hydrogens is 359 g/mol. The first kappa shape index (κ1) is 17.3. The fraction of sp³-hybridized carbons (Fsp3) is 0.0500. The van der Waals surface area contributed by atoms with E-state index < -0.39 is 5.97 Å². The van der Waals surface area contributed by atoms with Gasteiger partial charge in [0.15, 0.2) is 0 Å². The van der Waals surface area contributed by atoms with E-state index in [4.69, 9.17) is 33.0 Å². The van der Waals surface area contributed by atoms with Crippen LogP contribution in [0.2, 0.25) is 10.0 Å². The van der Waals surface area contributed by atoms with E-state index in [1.165, 1.54) is 0 Å². The highest BCUT2D eigenvalue weighted by Gasteiger charge is 2.07. The molecule has 0 unspecified atom stereocenters. The van der Waals surface area contributed by atoms with Crippen molar-refractivity contribution < 1.29 is 14.6 Å². The maximum Gasteiger partial charge on any atom is 0.307 e. The standard InChI is InChI=1S/C20H14Cl2O3/c21-15-7-8-18(19(22)12-15)14-4-2-6-17(11-14)25-16-5-1-3-13(9-16)10-20(23)24/h1-9,11-12H,10H2,(H,23,24). The monoisotopic (exact) mass is 372 g/mol. The van der Waals surface area contributed by atoms with Crippen LogP contribution in [-0.4, -0.2) is 11.1 Å². The zero-order chi connectivity index (χ0) is 17.8. The van der Waals surface area contributed by atoms with Crippen molar-refractivity contribution in [2.24, 2.45) is 0 Å².